The first-order valence-electron chi connectivity index (χ1n) is 7.79. The lowest BCUT2D eigenvalue weighted by Gasteiger charge is -2.36. The SMILES string of the molecule is COc1ccc(OC)c2c1CNCC2C1CCCCC1. The molecule has 1 aliphatic carbocycles. The van der Waals surface area contributed by atoms with Gasteiger partial charge in [0.15, 0.2) is 0 Å². The van der Waals surface area contributed by atoms with Crippen molar-refractivity contribution in [2.75, 3.05) is 20.8 Å². The van der Waals surface area contributed by atoms with E-state index in [2.05, 4.69) is 11.4 Å². The Hall–Kier alpha value is -1.22. The molecule has 3 nitrogen and oxygen atoms in total. The highest BCUT2D eigenvalue weighted by Crippen LogP contribution is 2.44. The van der Waals surface area contributed by atoms with Crippen LogP contribution in [-0.2, 0) is 6.54 Å². The van der Waals surface area contributed by atoms with Crippen molar-refractivity contribution < 1.29 is 9.47 Å². The molecule has 1 saturated carbocycles. The number of methoxy groups -OCH3 is 2. The minimum Gasteiger partial charge on any atom is -0.496 e. The van der Waals surface area contributed by atoms with Crippen molar-refractivity contribution in [3.63, 3.8) is 0 Å². The van der Waals surface area contributed by atoms with E-state index in [0.29, 0.717) is 5.92 Å². The first kappa shape index (κ1) is 13.7. The lowest BCUT2D eigenvalue weighted by atomic mass is 9.74. The van der Waals surface area contributed by atoms with Crippen molar-refractivity contribution >= 4 is 0 Å². The van der Waals surface area contributed by atoms with E-state index in [1.54, 1.807) is 14.2 Å². The first-order valence-corrected chi connectivity index (χ1v) is 7.79. The van der Waals surface area contributed by atoms with E-state index in [1.165, 1.54) is 43.2 Å². The van der Waals surface area contributed by atoms with Crippen LogP contribution in [0.5, 0.6) is 11.5 Å². The van der Waals surface area contributed by atoms with Crippen molar-refractivity contribution in [3.8, 4) is 11.5 Å². The highest BCUT2D eigenvalue weighted by molar-refractivity contribution is 5.52. The average Bonchev–Trinajstić information content (AvgIpc) is 2.54. The van der Waals surface area contributed by atoms with Gasteiger partial charge >= 0.3 is 0 Å². The van der Waals surface area contributed by atoms with Crippen LogP contribution < -0.4 is 14.8 Å². The molecule has 1 fully saturated rings. The standard InChI is InChI=1S/C17H25NO2/c1-19-15-8-9-16(20-2)17-13(10-18-11-14(15)17)12-6-4-3-5-7-12/h8-9,12-13,18H,3-7,10-11H2,1-2H3. The molecule has 0 saturated heterocycles. The van der Waals surface area contributed by atoms with Gasteiger partial charge in [-0.1, -0.05) is 19.3 Å². The zero-order valence-corrected chi connectivity index (χ0v) is 12.6. The molecule has 1 aromatic carbocycles. The summed E-state index contributed by atoms with van der Waals surface area (Å²) in [6, 6.07) is 4.10. The van der Waals surface area contributed by atoms with E-state index in [-0.39, 0.29) is 0 Å². The summed E-state index contributed by atoms with van der Waals surface area (Å²) < 4.78 is 11.2. The third-order valence-electron chi connectivity index (χ3n) is 4.97. The van der Waals surface area contributed by atoms with Crippen LogP contribution in [0.25, 0.3) is 0 Å². The Labute approximate surface area is 121 Å². The largest absolute Gasteiger partial charge is 0.496 e. The Bertz CT molecular complexity index is 466. The fraction of sp³-hybridized carbons (Fsp3) is 0.647. The Kier molecular flexibility index (Phi) is 4.16. The smallest absolute Gasteiger partial charge is 0.123 e. The van der Waals surface area contributed by atoms with Crippen LogP contribution in [0.3, 0.4) is 0 Å². The van der Waals surface area contributed by atoms with Crippen LogP contribution in [-0.4, -0.2) is 20.8 Å². The second-order valence-electron chi connectivity index (χ2n) is 6.00. The normalized spacial score (nSPS) is 23.2. The van der Waals surface area contributed by atoms with E-state index in [0.717, 1.165) is 30.5 Å². The molecule has 1 N–H and O–H groups in total. The van der Waals surface area contributed by atoms with E-state index in [9.17, 15) is 0 Å². The Morgan fingerprint density at radius 2 is 1.70 bits per heavy atom. The lowest BCUT2D eigenvalue weighted by Crippen LogP contribution is -2.33. The fourth-order valence-corrected chi connectivity index (χ4v) is 3.97. The number of hydrogen-bond acceptors (Lipinski definition) is 3. The molecule has 20 heavy (non-hydrogen) atoms. The monoisotopic (exact) mass is 275 g/mol. The van der Waals surface area contributed by atoms with Gasteiger partial charge in [-0.15, -0.1) is 0 Å². The van der Waals surface area contributed by atoms with Crippen molar-refractivity contribution in [1.29, 1.82) is 0 Å². The Morgan fingerprint density at radius 3 is 2.40 bits per heavy atom. The second-order valence-corrected chi connectivity index (χ2v) is 6.00. The average molecular weight is 275 g/mol. The molecule has 1 aromatic rings. The van der Waals surface area contributed by atoms with E-state index in [1.807, 2.05) is 6.07 Å². The van der Waals surface area contributed by atoms with Gasteiger partial charge in [-0.2, -0.15) is 0 Å². The van der Waals surface area contributed by atoms with E-state index in [4.69, 9.17) is 9.47 Å². The highest BCUT2D eigenvalue weighted by atomic mass is 16.5. The first-order chi connectivity index (χ1) is 9.85. The molecule has 0 amide bonds. The molecular weight excluding hydrogens is 250 g/mol. The van der Waals surface area contributed by atoms with Crippen LogP contribution >= 0.6 is 0 Å². The number of fused-ring (bicyclic) bond motifs is 1. The zero-order chi connectivity index (χ0) is 13.9. The van der Waals surface area contributed by atoms with E-state index < -0.39 is 0 Å². The molecule has 1 aliphatic heterocycles. The number of rotatable bonds is 3. The quantitative estimate of drug-likeness (QED) is 0.916. The summed E-state index contributed by atoms with van der Waals surface area (Å²) in [6.45, 7) is 1.96. The van der Waals surface area contributed by atoms with Crippen molar-refractivity contribution in [1.82, 2.24) is 5.32 Å². The van der Waals surface area contributed by atoms with Crippen molar-refractivity contribution in [2.45, 2.75) is 44.6 Å². The van der Waals surface area contributed by atoms with Gasteiger partial charge in [0, 0.05) is 30.1 Å². The summed E-state index contributed by atoms with van der Waals surface area (Å²) in [4.78, 5) is 0. The van der Waals surface area contributed by atoms with Gasteiger partial charge in [0.05, 0.1) is 14.2 Å². The maximum atomic E-state index is 5.65. The topological polar surface area (TPSA) is 30.5 Å². The van der Waals surface area contributed by atoms with Crippen LogP contribution in [0.4, 0.5) is 0 Å². The Balaban J connectivity index is 2.01. The second kappa shape index (κ2) is 6.04. The van der Waals surface area contributed by atoms with Crippen LogP contribution in [0.15, 0.2) is 12.1 Å². The molecule has 0 bridgehead atoms. The molecule has 110 valence electrons. The van der Waals surface area contributed by atoms with E-state index >= 15 is 0 Å². The maximum Gasteiger partial charge on any atom is 0.123 e. The number of hydrogen-bond donors (Lipinski definition) is 1. The zero-order valence-electron chi connectivity index (χ0n) is 12.6. The number of nitrogens with one attached hydrogen (secondary N) is 1. The summed E-state index contributed by atoms with van der Waals surface area (Å²) in [7, 11) is 3.54. The fourth-order valence-electron chi connectivity index (χ4n) is 3.97. The van der Waals surface area contributed by atoms with Crippen molar-refractivity contribution in [3.05, 3.63) is 23.3 Å². The predicted molar refractivity (Wildman–Crippen MR) is 80.6 cm³/mol. The van der Waals surface area contributed by atoms with Gasteiger partial charge in [-0.3, -0.25) is 0 Å². The predicted octanol–water partition coefficient (Wildman–Crippen LogP) is 3.47. The van der Waals surface area contributed by atoms with Gasteiger partial charge in [0.2, 0.25) is 0 Å². The molecule has 0 aromatic heterocycles. The summed E-state index contributed by atoms with van der Waals surface area (Å²) in [5.74, 6) is 3.40. The minimum absolute atomic E-state index is 0.573. The molecule has 2 aliphatic rings. The molecule has 3 rings (SSSR count). The van der Waals surface area contributed by atoms with Gasteiger partial charge in [-0.05, 0) is 30.9 Å². The molecule has 3 heteroatoms. The Morgan fingerprint density at radius 1 is 1.00 bits per heavy atom. The van der Waals surface area contributed by atoms with Gasteiger partial charge in [0.25, 0.3) is 0 Å². The molecular formula is C17H25NO2. The van der Waals surface area contributed by atoms with Crippen LogP contribution in [0.2, 0.25) is 0 Å². The summed E-state index contributed by atoms with van der Waals surface area (Å²) in [5, 5.41) is 3.58. The lowest BCUT2D eigenvalue weighted by molar-refractivity contribution is 0.278. The minimum atomic E-state index is 0.573. The molecule has 0 spiro atoms. The molecule has 1 unspecified atom stereocenters. The summed E-state index contributed by atoms with van der Waals surface area (Å²) in [5.41, 5.74) is 2.70. The summed E-state index contributed by atoms with van der Waals surface area (Å²) in [6.07, 6.45) is 6.86. The number of ether oxygens (including phenoxy) is 2. The van der Waals surface area contributed by atoms with Gasteiger partial charge in [0.1, 0.15) is 11.5 Å². The highest BCUT2D eigenvalue weighted by Gasteiger charge is 2.32. The van der Waals surface area contributed by atoms with Crippen LogP contribution in [0, 0.1) is 5.92 Å². The third kappa shape index (κ3) is 2.39. The third-order valence-corrected chi connectivity index (χ3v) is 4.97. The van der Waals surface area contributed by atoms with Crippen molar-refractivity contribution in [2.24, 2.45) is 5.92 Å². The molecule has 0 radical (unpaired) electrons. The number of benzene rings is 1. The van der Waals surface area contributed by atoms with Crippen LogP contribution in [0.1, 0.15) is 49.1 Å². The molecule has 1 atom stereocenters. The maximum absolute atomic E-state index is 5.65. The summed E-state index contributed by atoms with van der Waals surface area (Å²) >= 11 is 0. The van der Waals surface area contributed by atoms with Gasteiger partial charge < -0.3 is 14.8 Å². The molecule has 1 heterocycles. The van der Waals surface area contributed by atoms with Gasteiger partial charge in [-0.25, -0.2) is 0 Å².